The molecule has 0 aliphatic rings. The summed E-state index contributed by atoms with van der Waals surface area (Å²) in [6.07, 6.45) is 0. The number of amides is 1. The Morgan fingerprint density at radius 3 is 2.69 bits per heavy atom. The van der Waals surface area contributed by atoms with E-state index in [4.69, 9.17) is 9.47 Å². The number of benzene rings is 2. The molecule has 2 aromatic carbocycles. The largest absolute Gasteiger partial charge is 0.495 e. The molecule has 136 valence electrons. The van der Waals surface area contributed by atoms with E-state index < -0.39 is 0 Å². The highest BCUT2D eigenvalue weighted by Crippen LogP contribution is 2.27. The molecular weight excluding hydrogens is 348 g/mol. The number of nitrogens with zero attached hydrogens (tertiary/aromatic N) is 2. The van der Waals surface area contributed by atoms with E-state index in [1.807, 2.05) is 54.8 Å². The van der Waals surface area contributed by atoms with Crippen LogP contribution in [0.2, 0.25) is 0 Å². The van der Waals surface area contributed by atoms with E-state index in [0.29, 0.717) is 23.5 Å². The van der Waals surface area contributed by atoms with Gasteiger partial charge in [-0.25, -0.2) is 0 Å². The number of rotatable bonds is 5. The van der Waals surface area contributed by atoms with Gasteiger partial charge in [-0.15, -0.1) is 0 Å². The van der Waals surface area contributed by atoms with Crippen LogP contribution in [0.25, 0.3) is 10.2 Å². The number of ether oxygens (including phenoxy) is 2. The molecular formula is C20H22N2O3S. The maximum Gasteiger partial charge on any atom is 0.279 e. The Labute approximate surface area is 156 Å². The summed E-state index contributed by atoms with van der Waals surface area (Å²) in [5.74, 6) is 0.523. The number of hydrogen-bond acceptors (Lipinski definition) is 4. The second-order valence-electron chi connectivity index (χ2n) is 6.07. The van der Waals surface area contributed by atoms with Crippen molar-refractivity contribution in [2.75, 3.05) is 20.8 Å². The first-order valence-electron chi connectivity index (χ1n) is 8.36. The summed E-state index contributed by atoms with van der Waals surface area (Å²) in [5, 5.41) is 0. The van der Waals surface area contributed by atoms with Crippen LogP contribution < -0.4 is 9.54 Å². The summed E-state index contributed by atoms with van der Waals surface area (Å²) >= 11 is 1.48. The first kappa shape index (κ1) is 18.4. The van der Waals surface area contributed by atoms with Gasteiger partial charge in [0.25, 0.3) is 5.91 Å². The summed E-state index contributed by atoms with van der Waals surface area (Å²) < 4.78 is 13.7. The number of thiazole rings is 1. The highest BCUT2D eigenvalue weighted by molar-refractivity contribution is 7.16. The van der Waals surface area contributed by atoms with E-state index in [-0.39, 0.29) is 5.91 Å². The smallest absolute Gasteiger partial charge is 0.279 e. The molecule has 0 unspecified atom stereocenters. The molecule has 0 saturated carbocycles. The fourth-order valence-electron chi connectivity index (χ4n) is 2.94. The Morgan fingerprint density at radius 1 is 1.19 bits per heavy atom. The molecule has 1 amide bonds. The molecule has 0 aliphatic heterocycles. The highest BCUT2D eigenvalue weighted by atomic mass is 32.1. The van der Waals surface area contributed by atoms with Crippen LogP contribution in [0.15, 0.2) is 41.4 Å². The number of para-hydroxylation sites is 1. The van der Waals surface area contributed by atoms with Gasteiger partial charge < -0.3 is 14.0 Å². The number of methoxy groups -OCH3 is 2. The lowest BCUT2D eigenvalue weighted by atomic mass is 10.1. The summed E-state index contributed by atoms with van der Waals surface area (Å²) in [4.78, 5) is 17.8. The SMILES string of the molecule is COCCn1c(=NC(=O)c2ccc(C)cc2C)sc2cccc(OC)c21. The van der Waals surface area contributed by atoms with Crippen LogP contribution in [0.1, 0.15) is 21.5 Å². The first-order chi connectivity index (χ1) is 12.5. The van der Waals surface area contributed by atoms with Crippen molar-refractivity contribution in [2.24, 2.45) is 4.99 Å². The summed E-state index contributed by atoms with van der Waals surface area (Å²) in [6.45, 7) is 5.06. The molecule has 0 fully saturated rings. The lowest BCUT2D eigenvalue weighted by molar-refractivity contribution is 0.0996. The van der Waals surface area contributed by atoms with Crippen LogP contribution >= 0.6 is 11.3 Å². The summed E-state index contributed by atoms with van der Waals surface area (Å²) in [6, 6.07) is 11.6. The van der Waals surface area contributed by atoms with Gasteiger partial charge in [-0.1, -0.05) is 35.1 Å². The lowest BCUT2D eigenvalue weighted by Crippen LogP contribution is -2.19. The molecule has 0 N–H and O–H groups in total. The predicted molar refractivity (Wildman–Crippen MR) is 104 cm³/mol. The maximum atomic E-state index is 12.8. The zero-order valence-electron chi connectivity index (χ0n) is 15.4. The fraction of sp³-hybridized carbons (Fsp3) is 0.300. The third-order valence-electron chi connectivity index (χ3n) is 4.21. The minimum Gasteiger partial charge on any atom is -0.495 e. The van der Waals surface area contributed by atoms with Crippen LogP contribution in [-0.4, -0.2) is 31.3 Å². The Kier molecular flexibility index (Phi) is 5.54. The van der Waals surface area contributed by atoms with E-state index in [9.17, 15) is 4.79 Å². The van der Waals surface area contributed by atoms with Crippen molar-refractivity contribution in [3.8, 4) is 5.75 Å². The lowest BCUT2D eigenvalue weighted by Gasteiger charge is -2.08. The summed E-state index contributed by atoms with van der Waals surface area (Å²) in [7, 11) is 3.30. The van der Waals surface area contributed by atoms with Crippen molar-refractivity contribution in [3.63, 3.8) is 0 Å². The van der Waals surface area contributed by atoms with Crippen LogP contribution in [0, 0.1) is 13.8 Å². The molecule has 6 heteroatoms. The Hall–Kier alpha value is -2.44. The molecule has 0 bridgehead atoms. The van der Waals surface area contributed by atoms with Crippen molar-refractivity contribution in [2.45, 2.75) is 20.4 Å². The van der Waals surface area contributed by atoms with Gasteiger partial charge in [0.05, 0.1) is 18.4 Å². The summed E-state index contributed by atoms with van der Waals surface area (Å²) in [5.41, 5.74) is 3.62. The molecule has 26 heavy (non-hydrogen) atoms. The number of aryl methyl sites for hydroxylation is 2. The van der Waals surface area contributed by atoms with Gasteiger partial charge in [0.15, 0.2) is 4.80 Å². The molecule has 1 aromatic heterocycles. The Bertz CT molecular complexity index is 1020. The Morgan fingerprint density at radius 2 is 2.00 bits per heavy atom. The van der Waals surface area contributed by atoms with E-state index in [1.54, 1.807) is 14.2 Å². The molecule has 3 aromatic rings. The number of aromatic nitrogens is 1. The third-order valence-corrected chi connectivity index (χ3v) is 5.26. The van der Waals surface area contributed by atoms with Crippen LogP contribution in [0.4, 0.5) is 0 Å². The average Bonchev–Trinajstić information content (AvgIpc) is 2.96. The zero-order valence-corrected chi connectivity index (χ0v) is 16.2. The zero-order chi connectivity index (χ0) is 18.7. The molecule has 0 aliphatic carbocycles. The van der Waals surface area contributed by atoms with Crippen molar-refractivity contribution in [1.82, 2.24) is 4.57 Å². The standard InChI is InChI=1S/C20H22N2O3S/c1-13-8-9-15(14(2)12-13)19(23)21-20-22(10-11-24-3)18-16(25-4)6-5-7-17(18)26-20/h5-9,12H,10-11H2,1-4H3. The second-order valence-corrected chi connectivity index (χ2v) is 7.08. The molecule has 1 heterocycles. The van der Waals surface area contributed by atoms with Gasteiger partial charge in [-0.05, 0) is 37.6 Å². The van der Waals surface area contributed by atoms with Crippen LogP contribution in [0.3, 0.4) is 0 Å². The number of hydrogen-bond donors (Lipinski definition) is 0. The van der Waals surface area contributed by atoms with Crippen molar-refractivity contribution in [1.29, 1.82) is 0 Å². The van der Waals surface area contributed by atoms with Crippen molar-refractivity contribution < 1.29 is 14.3 Å². The monoisotopic (exact) mass is 370 g/mol. The number of fused-ring (bicyclic) bond motifs is 1. The van der Waals surface area contributed by atoms with E-state index >= 15 is 0 Å². The van der Waals surface area contributed by atoms with Crippen molar-refractivity contribution in [3.05, 3.63) is 57.9 Å². The second kappa shape index (κ2) is 7.85. The molecule has 0 atom stereocenters. The quantitative estimate of drug-likeness (QED) is 0.688. The maximum absolute atomic E-state index is 12.8. The van der Waals surface area contributed by atoms with E-state index in [0.717, 1.165) is 27.1 Å². The van der Waals surface area contributed by atoms with E-state index in [1.165, 1.54) is 11.3 Å². The van der Waals surface area contributed by atoms with Gasteiger partial charge in [0.2, 0.25) is 0 Å². The molecule has 0 spiro atoms. The minimum atomic E-state index is -0.237. The van der Waals surface area contributed by atoms with Gasteiger partial charge in [-0.3, -0.25) is 4.79 Å². The van der Waals surface area contributed by atoms with Gasteiger partial charge in [-0.2, -0.15) is 4.99 Å². The minimum absolute atomic E-state index is 0.237. The molecule has 5 nitrogen and oxygen atoms in total. The Balaban J connectivity index is 2.16. The van der Waals surface area contributed by atoms with E-state index in [2.05, 4.69) is 4.99 Å². The normalized spacial score (nSPS) is 11.9. The van der Waals surface area contributed by atoms with Crippen LogP contribution in [0.5, 0.6) is 5.75 Å². The number of carbonyl (C=O) groups excluding carboxylic acids is 1. The topological polar surface area (TPSA) is 52.8 Å². The van der Waals surface area contributed by atoms with Gasteiger partial charge in [0, 0.05) is 19.2 Å². The van der Waals surface area contributed by atoms with Gasteiger partial charge in [0.1, 0.15) is 11.3 Å². The first-order valence-corrected chi connectivity index (χ1v) is 9.18. The highest BCUT2D eigenvalue weighted by Gasteiger charge is 2.13. The molecule has 0 radical (unpaired) electrons. The molecule has 0 saturated heterocycles. The molecule has 3 rings (SSSR count). The van der Waals surface area contributed by atoms with Crippen LogP contribution in [-0.2, 0) is 11.3 Å². The predicted octanol–water partition coefficient (Wildman–Crippen LogP) is 3.72. The number of carbonyl (C=O) groups is 1. The third kappa shape index (κ3) is 3.57. The van der Waals surface area contributed by atoms with Crippen molar-refractivity contribution >= 4 is 27.5 Å². The average molecular weight is 370 g/mol. The fourth-order valence-corrected chi connectivity index (χ4v) is 4.01. The van der Waals surface area contributed by atoms with Gasteiger partial charge >= 0.3 is 0 Å².